The van der Waals surface area contributed by atoms with Crippen molar-refractivity contribution in [2.45, 2.75) is 39.0 Å². The predicted octanol–water partition coefficient (Wildman–Crippen LogP) is 2.05. The molecule has 1 fully saturated rings. The quantitative estimate of drug-likeness (QED) is 0.732. The van der Waals surface area contributed by atoms with Gasteiger partial charge in [0.15, 0.2) is 0 Å². The van der Waals surface area contributed by atoms with Gasteiger partial charge in [0.2, 0.25) is 0 Å². The molecule has 0 radical (unpaired) electrons. The van der Waals surface area contributed by atoms with Crippen molar-refractivity contribution in [1.29, 1.82) is 0 Å². The monoisotopic (exact) mass is 209 g/mol. The van der Waals surface area contributed by atoms with Crippen LogP contribution >= 0.6 is 12.4 Å². The van der Waals surface area contributed by atoms with Crippen LogP contribution in [-0.2, 0) is 4.79 Å². The standard InChI is InChI=1S/C5H11N.C4H8O2.ClH/c1-2-4-6-5-3-1;1-2-3-4(5)6;/h6H,1-5H2;2-3H2,1H3,(H,5,6);1H. The molecule has 0 amide bonds. The summed E-state index contributed by atoms with van der Waals surface area (Å²) in [4.78, 5) is 9.60. The highest BCUT2D eigenvalue weighted by atomic mass is 35.5. The second kappa shape index (κ2) is 11.7. The number of hydrogen-bond donors (Lipinski definition) is 2. The summed E-state index contributed by atoms with van der Waals surface area (Å²) in [6, 6.07) is 0. The minimum Gasteiger partial charge on any atom is -0.481 e. The van der Waals surface area contributed by atoms with Crippen LogP contribution < -0.4 is 5.32 Å². The molecule has 1 aliphatic heterocycles. The summed E-state index contributed by atoms with van der Waals surface area (Å²) < 4.78 is 0. The zero-order valence-electron chi connectivity index (χ0n) is 8.21. The number of halogens is 1. The maximum Gasteiger partial charge on any atom is 0.303 e. The minimum atomic E-state index is -0.711. The Morgan fingerprint density at radius 2 is 1.85 bits per heavy atom. The largest absolute Gasteiger partial charge is 0.481 e. The van der Waals surface area contributed by atoms with E-state index in [2.05, 4.69) is 5.32 Å². The molecule has 0 aliphatic carbocycles. The van der Waals surface area contributed by atoms with E-state index in [0.29, 0.717) is 6.42 Å². The number of piperidine rings is 1. The van der Waals surface area contributed by atoms with Gasteiger partial charge < -0.3 is 10.4 Å². The maximum atomic E-state index is 9.60. The third-order valence-electron chi connectivity index (χ3n) is 1.67. The fourth-order valence-corrected chi connectivity index (χ4v) is 1.02. The number of hydrogen-bond acceptors (Lipinski definition) is 2. The second-order valence-corrected chi connectivity index (χ2v) is 2.95. The molecule has 0 atom stereocenters. The van der Waals surface area contributed by atoms with E-state index >= 15 is 0 Å². The molecule has 0 aromatic rings. The molecule has 0 spiro atoms. The van der Waals surface area contributed by atoms with Gasteiger partial charge in [-0.3, -0.25) is 4.79 Å². The Kier molecular flexibility index (Phi) is 13.7. The molecule has 0 aromatic heterocycles. The lowest BCUT2D eigenvalue weighted by Crippen LogP contribution is -2.21. The highest BCUT2D eigenvalue weighted by molar-refractivity contribution is 5.85. The van der Waals surface area contributed by atoms with Crippen molar-refractivity contribution in [2.24, 2.45) is 0 Å². The first-order valence-electron chi connectivity index (χ1n) is 4.70. The van der Waals surface area contributed by atoms with E-state index in [4.69, 9.17) is 5.11 Å². The van der Waals surface area contributed by atoms with E-state index in [1.807, 2.05) is 6.92 Å². The summed E-state index contributed by atoms with van der Waals surface area (Å²) in [6.45, 7) is 4.34. The van der Waals surface area contributed by atoms with Crippen molar-refractivity contribution in [2.75, 3.05) is 13.1 Å². The van der Waals surface area contributed by atoms with E-state index in [1.165, 1.54) is 32.4 Å². The first-order chi connectivity index (χ1) is 5.77. The van der Waals surface area contributed by atoms with E-state index in [9.17, 15) is 4.79 Å². The van der Waals surface area contributed by atoms with Crippen molar-refractivity contribution < 1.29 is 9.90 Å². The molecule has 1 aliphatic rings. The zero-order valence-corrected chi connectivity index (χ0v) is 9.03. The Balaban J connectivity index is 0. The van der Waals surface area contributed by atoms with Gasteiger partial charge in [0.1, 0.15) is 0 Å². The van der Waals surface area contributed by atoms with Gasteiger partial charge in [-0.1, -0.05) is 13.3 Å². The van der Waals surface area contributed by atoms with Crippen LogP contribution in [0.4, 0.5) is 0 Å². The Bertz CT molecular complexity index is 105. The molecule has 80 valence electrons. The molecule has 0 unspecified atom stereocenters. The molecule has 3 nitrogen and oxygen atoms in total. The van der Waals surface area contributed by atoms with Crippen LogP contribution in [0.1, 0.15) is 39.0 Å². The van der Waals surface area contributed by atoms with Crippen LogP contribution in [0.25, 0.3) is 0 Å². The number of nitrogens with one attached hydrogen (secondary N) is 1. The molecular formula is C9H20ClNO2. The van der Waals surface area contributed by atoms with Crippen LogP contribution in [0, 0.1) is 0 Å². The number of carboxylic acids is 1. The van der Waals surface area contributed by atoms with Gasteiger partial charge >= 0.3 is 5.97 Å². The zero-order chi connectivity index (χ0) is 9.23. The van der Waals surface area contributed by atoms with Gasteiger partial charge in [0, 0.05) is 6.42 Å². The molecule has 1 heterocycles. The highest BCUT2D eigenvalue weighted by Crippen LogP contribution is 1.96. The first kappa shape index (κ1) is 15.2. The lowest BCUT2D eigenvalue weighted by Gasteiger charge is -2.08. The molecule has 13 heavy (non-hydrogen) atoms. The van der Waals surface area contributed by atoms with Gasteiger partial charge in [0.25, 0.3) is 0 Å². The van der Waals surface area contributed by atoms with E-state index in [-0.39, 0.29) is 12.4 Å². The Morgan fingerprint density at radius 3 is 1.92 bits per heavy atom. The molecule has 0 saturated carbocycles. The molecule has 1 saturated heterocycles. The third-order valence-corrected chi connectivity index (χ3v) is 1.67. The summed E-state index contributed by atoms with van der Waals surface area (Å²) in [5.74, 6) is -0.711. The summed E-state index contributed by atoms with van der Waals surface area (Å²) in [6.07, 6.45) is 5.24. The molecule has 0 aromatic carbocycles. The van der Waals surface area contributed by atoms with E-state index in [0.717, 1.165) is 6.42 Å². The number of rotatable bonds is 2. The topological polar surface area (TPSA) is 49.3 Å². The molecule has 2 N–H and O–H groups in total. The predicted molar refractivity (Wildman–Crippen MR) is 56.5 cm³/mol. The van der Waals surface area contributed by atoms with Crippen molar-refractivity contribution >= 4 is 18.4 Å². The Labute approximate surface area is 86.3 Å². The second-order valence-electron chi connectivity index (χ2n) is 2.95. The first-order valence-corrected chi connectivity index (χ1v) is 4.70. The van der Waals surface area contributed by atoms with Crippen LogP contribution in [0.3, 0.4) is 0 Å². The average Bonchev–Trinajstić information content (AvgIpc) is 2.08. The average molecular weight is 210 g/mol. The summed E-state index contributed by atoms with van der Waals surface area (Å²) in [7, 11) is 0. The van der Waals surface area contributed by atoms with Crippen LogP contribution in [0.5, 0.6) is 0 Å². The van der Waals surface area contributed by atoms with Gasteiger partial charge in [-0.2, -0.15) is 0 Å². The number of carbonyl (C=O) groups is 1. The lowest BCUT2D eigenvalue weighted by atomic mass is 10.2. The van der Waals surface area contributed by atoms with Crippen LogP contribution in [-0.4, -0.2) is 24.2 Å². The van der Waals surface area contributed by atoms with Crippen molar-refractivity contribution in [1.82, 2.24) is 5.32 Å². The van der Waals surface area contributed by atoms with E-state index < -0.39 is 5.97 Å². The smallest absolute Gasteiger partial charge is 0.303 e. The normalized spacial score (nSPS) is 14.8. The number of aliphatic carboxylic acids is 1. The van der Waals surface area contributed by atoms with Gasteiger partial charge in [0.05, 0.1) is 0 Å². The summed E-state index contributed by atoms with van der Waals surface area (Å²) in [5, 5.41) is 11.2. The van der Waals surface area contributed by atoms with E-state index in [1.54, 1.807) is 0 Å². The lowest BCUT2D eigenvalue weighted by molar-refractivity contribution is -0.137. The van der Waals surface area contributed by atoms with Gasteiger partial charge in [-0.15, -0.1) is 12.4 Å². The minimum absolute atomic E-state index is 0. The van der Waals surface area contributed by atoms with Crippen molar-refractivity contribution in [3.63, 3.8) is 0 Å². The Morgan fingerprint density at radius 1 is 1.31 bits per heavy atom. The molecular weight excluding hydrogens is 190 g/mol. The highest BCUT2D eigenvalue weighted by Gasteiger charge is 1.93. The summed E-state index contributed by atoms with van der Waals surface area (Å²) in [5.41, 5.74) is 0. The molecule has 1 rings (SSSR count). The fourth-order valence-electron chi connectivity index (χ4n) is 1.02. The fraction of sp³-hybridized carbons (Fsp3) is 0.889. The van der Waals surface area contributed by atoms with Gasteiger partial charge in [-0.25, -0.2) is 0 Å². The van der Waals surface area contributed by atoms with Crippen molar-refractivity contribution in [3.8, 4) is 0 Å². The molecule has 0 bridgehead atoms. The van der Waals surface area contributed by atoms with Crippen molar-refractivity contribution in [3.05, 3.63) is 0 Å². The summed E-state index contributed by atoms with van der Waals surface area (Å²) >= 11 is 0. The number of carboxylic acid groups (broad SMARTS) is 1. The SMILES string of the molecule is C1CCNCC1.CCCC(=O)O.Cl. The van der Waals surface area contributed by atoms with Crippen LogP contribution in [0.15, 0.2) is 0 Å². The van der Waals surface area contributed by atoms with Gasteiger partial charge in [-0.05, 0) is 32.4 Å². The maximum absolute atomic E-state index is 9.60. The Hall–Kier alpha value is -0.280. The molecule has 4 heteroatoms. The third kappa shape index (κ3) is 14.6. The van der Waals surface area contributed by atoms with Crippen LogP contribution in [0.2, 0.25) is 0 Å².